The molecular formula is C28H24N2O3S. The summed E-state index contributed by atoms with van der Waals surface area (Å²) in [4.78, 5) is 26.9. The molecule has 34 heavy (non-hydrogen) atoms. The van der Waals surface area contributed by atoms with E-state index in [2.05, 4.69) is 0 Å². The van der Waals surface area contributed by atoms with E-state index in [1.165, 1.54) is 15.2 Å². The summed E-state index contributed by atoms with van der Waals surface area (Å²) < 4.78 is 2.76. The minimum absolute atomic E-state index is 0.0742. The summed E-state index contributed by atoms with van der Waals surface area (Å²) in [6, 6.07) is 22.3. The van der Waals surface area contributed by atoms with Crippen LogP contribution in [-0.2, 0) is 0 Å². The molecule has 1 N–H and O–H groups in total. The van der Waals surface area contributed by atoms with Crippen molar-refractivity contribution in [3.8, 4) is 17.3 Å². The van der Waals surface area contributed by atoms with Crippen LogP contribution in [0.3, 0.4) is 0 Å². The lowest BCUT2D eigenvalue weighted by atomic mass is 10.1. The van der Waals surface area contributed by atoms with Gasteiger partial charge in [0.25, 0.3) is 5.56 Å². The molecule has 6 heteroatoms. The van der Waals surface area contributed by atoms with Gasteiger partial charge in [-0.2, -0.15) is 0 Å². The van der Waals surface area contributed by atoms with Crippen molar-refractivity contribution in [2.75, 3.05) is 0 Å². The summed E-state index contributed by atoms with van der Waals surface area (Å²) in [7, 11) is 0. The Morgan fingerprint density at radius 1 is 0.824 bits per heavy atom. The van der Waals surface area contributed by atoms with Crippen molar-refractivity contribution in [2.24, 2.45) is 0 Å². The maximum atomic E-state index is 13.6. The van der Waals surface area contributed by atoms with Crippen molar-refractivity contribution in [1.29, 1.82) is 0 Å². The molecule has 0 saturated heterocycles. The van der Waals surface area contributed by atoms with Crippen LogP contribution < -0.4 is 5.56 Å². The zero-order valence-electron chi connectivity index (χ0n) is 19.1. The van der Waals surface area contributed by atoms with Gasteiger partial charge in [-0.3, -0.25) is 18.7 Å². The number of benzene rings is 3. The van der Waals surface area contributed by atoms with Gasteiger partial charge in [0.15, 0.2) is 10.6 Å². The van der Waals surface area contributed by atoms with Crippen molar-refractivity contribution in [3.05, 3.63) is 122 Å². The number of carbonyl (C=O) groups excluding carboxylic acids is 1. The van der Waals surface area contributed by atoms with Gasteiger partial charge in [0.1, 0.15) is 5.56 Å². The van der Waals surface area contributed by atoms with Crippen LogP contribution in [0.2, 0.25) is 0 Å². The van der Waals surface area contributed by atoms with E-state index >= 15 is 0 Å². The Morgan fingerprint density at radius 2 is 1.35 bits per heavy atom. The van der Waals surface area contributed by atoms with Gasteiger partial charge in [-0.1, -0.05) is 72.3 Å². The van der Waals surface area contributed by atoms with Gasteiger partial charge in [0.2, 0.25) is 5.88 Å². The van der Waals surface area contributed by atoms with E-state index in [9.17, 15) is 14.7 Å². The Kier molecular flexibility index (Phi) is 6.43. The van der Waals surface area contributed by atoms with Gasteiger partial charge in [-0.15, -0.1) is 0 Å². The third kappa shape index (κ3) is 4.28. The molecule has 0 aliphatic carbocycles. The minimum Gasteiger partial charge on any atom is -0.493 e. The standard InChI is InChI=1S/C28H24N2O3S/c1-18-12-14-21(15-13-18)16-17-24(31)25-26(32)29(22-10-6-4-8-19(22)2)28(34)30(27(25)33)23-11-7-5-9-20(23)3/h4-17,32H,1-3H3/b17-16+. The Labute approximate surface area is 202 Å². The molecule has 1 aromatic heterocycles. The van der Waals surface area contributed by atoms with E-state index in [0.29, 0.717) is 11.4 Å². The predicted molar refractivity (Wildman–Crippen MR) is 138 cm³/mol. The first-order valence-corrected chi connectivity index (χ1v) is 11.2. The molecule has 0 radical (unpaired) electrons. The van der Waals surface area contributed by atoms with Crippen molar-refractivity contribution in [3.63, 3.8) is 0 Å². The molecule has 0 aliphatic rings. The topological polar surface area (TPSA) is 64.2 Å². The Hall–Kier alpha value is -4.03. The summed E-state index contributed by atoms with van der Waals surface area (Å²) in [5.74, 6) is -1.09. The Bertz CT molecular complexity index is 1540. The van der Waals surface area contributed by atoms with Crippen LogP contribution >= 0.6 is 12.2 Å². The number of rotatable bonds is 5. The quantitative estimate of drug-likeness (QED) is 0.226. The average Bonchev–Trinajstić information content (AvgIpc) is 2.81. The second-order valence-electron chi connectivity index (χ2n) is 8.14. The molecule has 5 nitrogen and oxygen atoms in total. The molecule has 170 valence electrons. The number of hydrogen-bond acceptors (Lipinski definition) is 4. The molecule has 4 aromatic rings. The lowest BCUT2D eigenvalue weighted by molar-refractivity contribution is 0.104. The van der Waals surface area contributed by atoms with Crippen molar-refractivity contribution in [2.45, 2.75) is 20.8 Å². The van der Waals surface area contributed by atoms with E-state index in [0.717, 1.165) is 22.3 Å². The first kappa shape index (κ1) is 23.1. The van der Waals surface area contributed by atoms with E-state index < -0.39 is 17.2 Å². The summed E-state index contributed by atoms with van der Waals surface area (Å²) in [6.07, 6.45) is 2.92. The fourth-order valence-corrected chi connectivity index (χ4v) is 4.17. The molecule has 3 aromatic carbocycles. The zero-order valence-corrected chi connectivity index (χ0v) is 20.0. The summed E-state index contributed by atoms with van der Waals surface area (Å²) >= 11 is 5.69. The fourth-order valence-electron chi connectivity index (χ4n) is 3.80. The van der Waals surface area contributed by atoms with Crippen LogP contribution in [-0.4, -0.2) is 20.0 Å². The molecule has 4 rings (SSSR count). The largest absolute Gasteiger partial charge is 0.493 e. The number of allylic oxidation sites excluding steroid dienone is 1. The van der Waals surface area contributed by atoms with Gasteiger partial charge in [-0.05, 0) is 67.9 Å². The summed E-state index contributed by atoms with van der Waals surface area (Å²) in [5.41, 5.74) is 3.68. The summed E-state index contributed by atoms with van der Waals surface area (Å²) in [6.45, 7) is 5.71. The molecule has 0 amide bonds. The lowest BCUT2D eigenvalue weighted by Gasteiger charge is -2.19. The summed E-state index contributed by atoms with van der Waals surface area (Å²) in [5, 5.41) is 11.2. The third-order valence-electron chi connectivity index (χ3n) is 5.70. The molecular weight excluding hydrogens is 444 g/mol. The van der Waals surface area contributed by atoms with Crippen molar-refractivity contribution < 1.29 is 9.90 Å². The normalized spacial score (nSPS) is 11.1. The van der Waals surface area contributed by atoms with E-state index in [1.54, 1.807) is 24.3 Å². The van der Waals surface area contributed by atoms with Gasteiger partial charge in [-0.25, -0.2) is 0 Å². The van der Waals surface area contributed by atoms with Crippen LogP contribution in [0.25, 0.3) is 17.5 Å². The highest BCUT2D eigenvalue weighted by Gasteiger charge is 2.24. The number of aryl methyl sites for hydroxylation is 3. The number of hydrogen-bond donors (Lipinski definition) is 1. The number of para-hydroxylation sites is 2. The van der Waals surface area contributed by atoms with E-state index in [1.807, 2.05) is 75.4 Å². The highest BCUT2D eigenvalue weighted by atomic mass is 32.1. The van der Waals surface area contributed by atoms with Crippen LogP contribution in [0.1, 0.15) is 32.6 Å². The van der Waals surface area contributed by atoms with Gasteiger partial charge in [0.05, 0.1) is 11.4 Å². The first-order chi connectivity index (χ1) is 16.3. The predicted octanol–water partition coefficient (Wildman–Crippen LogP) is 5.88. The second-order valence-corrected chi connectivity index (χ2v) is 8.50. The number of nitrogens with zero attached hydrogens (tertiary/aromatic N) is 2. The fraction of sp³-hybridized carbons (Fsp3) is 0.107. The number of aromatic hydroxyl groups is 1. The van der Waals surface area contributed by atoms with Crippen LogP contribution in [0.4, 0.5) is 0 Å². The smallest absolute Gasteiger partial charge is 0.274 e. The lowest BCUT2D eigenvalue weighted by Crippen LogP contribution is -2.29. The molecule has 0 atom stereocenters. The molecule has 0 bridgehead atoms. The minimum atomic E-state index is -0.666. The van der Waals surface area contributed by atoms with Crippen molar-refractivity contribution >= 4 is 24.1 Å². The first-order valence-electron chi connectivity index (χ1n) is 10.8. The van der Waals surface area contributed by atoms with Crippen LogP contribution in [0, 0.1) is 25.5 Å². The maximum absolute atomic E-state index is 13.6. The molecule has 1 heterocycles. The number of ketones is 1. The molecule has 0 fully saturated rings. The Balaban J connectivity index is 2.00. The van der Waals surface area contributed by atoms with Crippen LogP contribution in [0.5, 0.6) is 5.88 Å². The molecule has 0 saturated carbocycles. The maximum Gasteiger partial charge on any atom is 0.274 e. The highest BCUT2D eigenvalue weighted by molar-refractivity contribution is 7.71. The van der Waals surface area contributed by atoms with Crippen LogP contribution in [0.15, 0.2) is 83.7 Å². The highest BCUT2D eigenvalue weighted by Crippen LogP contribution is 2.25. The molecule has 0 spiro atoms. The van der Waals surface area contributed by atoms with Gasteiger partial charge < -0.3 is 5.11 Å². The second kappa shape index (κ2) is 9.45. The number of carbonyl (C=O) groups is 1. The van der Waals surface area contributed by atoms with Gasteiger partial charge in [0, 0.05) is 0 Å². The SMILES string of the molecule is Cc1ccc(/C=C/C(=O)c2c(O)n(-c3ccccc3C)c(=S)n(-c3ccccc3C)c2=O)cc1. The average molecular weight is 469 g/mol. The molecule has 0 unspecified atom stereocenters. The third-order valence-corrected chi connectivity index (χ3v) is 6.06. The number of aromatic nitrogens is 2. The monoisotopic (exact) mass is 468 g/mol. The van der Waals surface area contributed by atoms with E-state index in [-0.39, 0.29) is 10.3 Å². The van der Waals surface area contributed by atoms with E-state index in [4.69, 9.17) is 12.2 Å². The zero-order chi connectivity index (χ0) is 24.4. The Morgan fingerprint density at radius 3 is 1.91 bits per heavy atom. The van der Waals surface area contributed by atoms with Gasteiger partial charge >= 0.3 is 0 Å². The molecule has 0 aliphatic heterocycles. The van der Waals surface area contributed by atoms with Crippen molar-refractivity contribution in [1.82, 2.24) is 9.13 Å².